The first-order valence-corrected chi connectivity index (χ1v) is 7.84. The third-order valence-corrected chi connectivity index (χ3v) is 5.41. The van der Waals surface area contributed by atoms with Crippen LogP contribution in [0.25, 0.3) is 0 Å². The Balaban J connectivity index is 2.53. The summed E-state index contributed by atoms with van der Waals surface area (Å²) in [5, 5.41) is 8.58. The third kappa shape index (κ3) is 4.73. The summed E-state index contributed by atoms with van der Waals surface area (Å²) < 4.78 is 26.8. The van der Waals surface area contributed by atoms with Gasteiger partial charge in [-0.1, -0.05) is 0 Å². The van der Waals surface area contributed by atoms with E-state index < -0.39 is 16.2 Å². The van der Waals surface area contributed by atoms with Crippen molar-refractivity contribution in [2.45, 2.75) is 25.7 Å². The molecule has 116 valence electrons. The number of carbonyl (C=O) groups excluding carboxylic acids is 1. The molecule has 0 aromatic heterocycles. The van der Waals surface area contributed by atoms with Crippen molar-refractivity contribution in [3.05, 3.63) is 0 Å². The molecule has 1 aliphatic heterocycles. The third-order valence-electron chi connectivity index (χ3n) is 3.42. The van der Waals surface area contributed by atoms with Crippen molar-refractivity contribution >= 4 is 22.1 Å². The molecule has 0 radical (unpaired) electrons. The molecular formula is C11H21N3O5S. The standard InChI is InChI=1S/C11H21N3O5S/c1-13(5-4-11(16)17)20(18,19)14-6-2-9(3-7-14)8-10(12)15/h9H,2-8H2,1H3,(H2,12,15)(H,16,17). The molecule has 1 fully saturated rings. The van der Waals surface area contributed by atoms with E-state index in [0.717, 1.165) is 4.31 Å². The second-order valence-electron chi connectivity index (χ2n) is 4.99. The van der Waals surface area contributed by atoms with Crippen LogP contribution >= 0.6 is 0 Å². The fourth-order valence-corrected chi connectivity index (χ4v) is 3.58. The molecule has 1 rings (SSSR count). The fraction of sp³-hybridized carbons (Fsp3) is 0.818. The molecule has 0 atom stereocenters. The lowest BCUT2D eigenvalue weighted by Crippen LogP contribution is -2.46. The van der Waals surface area contributed by atoms with Crippen molar-refractivity contribution in [3.8, 4) is 0 Å². The summed E-state index contributed by atoms with van der Waals surface area (Å²) in [6.45, 7) is 0.605. The van der Waals surface area contributed by atoms with E-state index in [1.165, 1.54) is 11.4 Å². The molecule has 0 aromatic rings. The van der Waals surface area contributed by atoms with E-state index >= 15 is 0 Å². The molecule has 0 unspecified atom stereocenters. The normalized spacial score (nSPS) is 18.3. The van der Waals surface area contributed by atoms with Gasteiger partial charge in [-0.25, -0.2) is 0 Å². The van der Waals surface area contributed by atoms with Crippen LogP contribution in [0.4, 0.5) is 0 Å². The lowest BCUT2D eigenvalue weighted by molar-refractivity contribution is -0.137. The Labute approximate surface area is 118 Å². The van der Waals surface area contributed by atoms with Gasteiger partial charge in [0.2, 0.25) is 5.91 Å². The van der Waals surface area contributed by atoms with Gasteiger partial charge in [-0.2, -0.15) is 17.0 Å². The van der Waals surface area contributed by atoms with Crippen LogP contribution in [-0.2, 0) is 19.8 Å². The molecule has 1 amide bonds. The summed E-state index contributed by atoms with van der Waals surface area (Å²) in [7, 11) is -2.25. The van der Waals surface area contributed by atoms with E-state index in [1.54, 1.807) is 0 Å². The van der Waals surface area contributed by atoms with Crippen LogP contribution in [0.3, 0.4) is 0 Å². The number of rotatable bonds is 7. The Kier molecular flexibility index (Phi) is 5.90. The quantitative estimate of drug-likeness (QED) is 0.639. The van der Waals surface area contributed by atoms with Gasteiger partial charge in [0.05, 0.1) is 6.42 Å². The van der Waals surface area contributed by atoms with Gasteiger partial charge in [-0.05, 0) is 18.8 Å². The van der Waals surface area contributed by atoms with E-state index in [1.807, 2.05) is 0 Å². The van der Waals surface area contributed by atoms with Gasteiger partial charge in [-0.15, -0.1) is 0 Å². The monoisotopic (exact) mass is 307 g/mol. The zero-order chi connectivity index (χ0) is 15.3. The summed E-state index contributed by atoms with van der Waals surface area (Å²) in [6.07, 6.45) is 1.24. The number of carbonyl (C=O) groups is 2. The number of amides is 1. The van der Waals surface area contributed by atoms with Crippen LogP contribution in [0.15, 0.2) is 0 Å². The molecule has 0 aliphatic carbocycles. The Morgan fingerprint density at radius 2 is 1.90 bits per heavy atom. The minimum absolute atomic E-state index is 0.0567. The molecule has 3 N–H and O–H groups in total. The van der Waals surface area contributed by atoms with E-state index in [-0.39, 0.29) is 31.2 Å². The number of aliphatic carboxylic acids is 1. The highest BCUT2D eigenvalue weighted by Gasteiger charge is 2.31. The van der Waals surface area contributed by atoms with Crippen LogP contribution in [0.5, 0.6) is 0 Å². The second kappa shape index (κ2) is 7.00. The van der Waals surface area contributed by atoms with Crippen molar-refractivity contribution in [1.29, 1.82) is 0 Å². The number of hydrogen-bond donors (Lipinski definition) is 2. The van der Waals surface area contributed by atoms with Crippen LogP contribution in [0, 0.1) is 5.92 Å². The van der Waals surface area contributed by atoms with Gasteiger partial charge in [0.1, 0.15) is 0 Å². The molecule has 1 saturated heterocycles. The number of piperidine rings is 1. The average molecular weight is 307 g/mol. The number of nitrogens with zero attached hydrogens (tertiary/aromatic N) is 2. The predicted octanol–water partition coefficient (Wildman–Crippen LogP) is -0.775. The highest BCUT2D eigenvalue weighted by molar-refractivity contribution is 7.86. The molecule has 8 nitrogen and oxygen atoms in total. The zero-order valence-corrected chi connectivity index (χ0v) is 12.3. The number of carboxylic acids is 1. The molecule has 1 aliphatic rings. The Hall–Kier alpha value is -1.19. The van der Waals surface area contributed by atoms with E-state index in [4.69, 9.17) is 10.8 Å². The van der Waals surface area contributed by atoms with E-state index in [9.17, 15) is 18.0 Å². The minimum Gasteiger partial charge on any atom is -0.481 e. The molecular weight excluding hydrogens is 286 g/mol. The summed E-state index contributed by atoms with van der Waals surface area (Å²) in [5.74, 6) is -1.28. The Morgan fingerprint density at radius 3 is 2.35 bits per heavy atom. The minimum atomic E-state index is -3.62. The van der Waals surface area contributed by atoms with E-state index in [2.05, 4.69) is 0 Å². The molecule has 0 saturated carbocycles. The first-order valence-electron chi connectivity index (χ1n) is 6.45. The summed E-state index contributed by atoms with van der Waals surface area (Å²) in [6, 6.07) is 0. The van der Waals surface area contributed by atoms with Crippen molar-refractivity contribution in [1.82, 2.24) is 8.61 Å². The molecule has 20 heavy (non-hydrogen) atoms. The number of hydrogen-bond acceptors (Lipinski definition) is 4. The first-order chi connectivity index (χ1) is 9.23. The highest BCUT2D eigenvalue weighted by atomic mass is 32.2. The SMILES string of the molecule is CN(CCC(=O)O)S(=O)(=O)N1CCC(CC(N)=O)CC1. The predicted molar refractivity (Wildman–Crippen MR) is 71.9 cm³/mol. The fourth-order valence-electron chi connectivity index (χ4n) is 2.19. The van der Waals surface area contributed by atoms with Gasteiger partial charge in [-0.3, -0.25) is 9.59 Å². The maximum Gasteiger partial charge on any atom is 0.304 e. The number of nitrogens with two attached hydrogens (primary N) is 1. The van der Waals surface area contributed by atoms with E-state index in [0.29, 0.717) is 25.9 Å². The molecule has 1 heterocycles. The van der Waals surface area contributed by atoms with Crippen molar-refractivity contribution in [2.24, 2.45) is 11.7 Å². The van der Waals surface area contributed by atoms with Gasteiger partial charge in [0.15, 0.2) is 0 Å². The molecule has 0 spiro atoms. The average Bonchev–Trinajstić information content (AvgIpc) is 2.35. The topological polar surface area (TPSA) is 121 Å². The molecule has 9 heteroatoms. The van der Waals surface area contributed by atoms with Crippen molar-refractivity contribution in [2.75, 3.05) is 26.7 Å². The van der Waals surface area contributed by atoms with Gasteiger partial charge >= 0.3 is 5.97 Å². The number of carboxylic acid groups (broad SMARTS) is 1. The molecule has 0 bridgehead atoms. The summed E-state index contributed by atoms with van der Waals surface area (Å²) in [5.41, 5.74) is 5.13. The maximum atomic E-state index is 12.2. The van der Waals surface area contributed by atoms with Crippen LogP contribution < -0.4 is 5.73 Å². The van der Waals surface area contributed by atoms with Crippen molar-refractivity contribution < 1.29 is 23.1 Å². The second-order valence-corrected chi connectivity index (χ2v) is 7.02. The van der Waals surface area contributed by atoms with Gasteiger partial charge < -0.3 is 10.8 Å². The Morgan fingerprint density at radius 1 is 1.35 bits per heavy atom. The Bertz CT molecular complexity index is 457. The zero-order valence-electron chi connectivity index (χ0n) is 11.5. The largest absolute Gasteiger partial charge is 0.481 e. The lowest BCUT2D eigenvalue weighted by Gasteiger charge is -2.33. The maximum absolute atomic E-state index is 12.2. The highest BCUT2D eigenvalue weighted by Crippen LogP contribution is 2.23. The lowest BCUT2D eigenvalue weighted by atomic mass is 9.94. The van der Waals surface area contributed by atoms with Crippen LogP contribution in [-0.4, -0.2) is 60.7 Å². The van der Waals surface area contributed by atoms with Gasteiger partial charge in [0, 0.05) is 33.1 Å². The van der Waals surface area contributed by atoms with Gasteiger partial charge in [0.25, 0.3) is 10.2 Å². The van der Waals surface area contributed by atoms with Crippen LogP contribution in [0.1, 0.15) is 25.7 Å². The van der Waals surface area contributed by atoms with Crippen LogP contribution in [0.2, 0.25) is 0 Å². The summed E-state index contributed by atoms with van der Waals surface area (Å²) >= 11 is 0. The smallest absolute Gasteiger partial charge is 0.304 e. The number of primary amides is 1. The van der Waals surface area contributed by atoms with Crippen molar-refractivity contribution in [3.63, 3.8) is 0 Å². The molecule has 0 aromatic carbocycles. The first kappa shape index (κ1) is 16.9. The summed E-state index contributed by atoms with van der Waals surface area (Å²) in [4.78, 5) is 21.3.